The molecule has 6 nitrogen and oxygen atoms in total. The molecular formula is C20H20F3N5OS2. The predicted molar refractivity (Wildman–Crippen MR) is 117 cm³/mol. The van der Waals surface area contributed by atoms with Gasteiger partial charge in [0.1, 0.15) is 16.1 Å². The number of fused-ring (bicyclic) bond motifs is 1. The summed E-state index contributed by atoms with van der Waals surface area (Å²) in [5.41, 5.74) is 0.164. The third-order valence-corrected chi connectivity index (χ3v) is 7.14. The number of anilines is 2. The summed E-state index contributed by atoms with van der Waals surface area (Å²) >= 11 is 2.78. The molecule has 11 heteroatoms. The van der Waals surface area contributed by atoms with Gasteiger partial charge in [-0.25, -0.2) is 9.97 Å². The van der Waals surface area contributed by atoms with Crippen LogP contribution in [0.2, 0.25) is 0 Å². The van der Waals surface area contributed by atoms with Gasteiger partial charge in [-0.15, -0.1) is 0 Å². The number of aromatic nitrogens is 3. The van der Waals surface area contributed by atoms with Gasteiger partial charge < -0.3 is 10.2 Å². The van der Waals surface area contributed by atoms with E-state index in [-0.39, 0.29) is 11.7 Å². The molecule has 0 bridgehead atoms. The summed E-state index contributed by atoms with van der Waals surface area (Å²) in [6, 6.07) is 4.36. The molecule has 1 fully saturated rings. The highest BCUT2D eigenvalue weighted by Crippen LogP contribution is 2.35. The molecule has 1 aliphatic rings. The Morgan fingerprint density at radius 2 is 2.06 bits per heavy atom. The number of hydrogen-bond donors (Lipinski definition) is 1. The van der Waals surface area contributed by atoms with Crippen LogP contribution in [-0.4, -0.2) is 39.7 Å². The van der Waals surface area contributed by atoms with E-state index in [4.69, 9.17) is 0 Å². The molecule has 31 heavy (non-hydrogen) atoms. The fourth-order valence-corrected chi connectivity index (χ4v) is 5.32. The third-order valence-electron chi connectivity index (χ3n) is 4.91. The molecule has 1 amide bonds. The van der Waals surface area contributed by atoms with Gasteiger partial charge in [0.2, 0.25) is 5.91 Å². The van der Waals surface area contributed by atoms with E-state index in [0.717, 1.165) is 41.5 Å². The predicted octanol–water partition coefficient (Wildman–Crippen LogP) is 5.07. The molecule has 4 rings (SSSR count). The number of halogens is 3. The molecule has 1 aromatic carbocycles. The summed E-state index contributed by atoms with van der Waals surface area (Å²) in [5.74, 6) is 0.363. The lowest BCUT2D eigenvalue weighted by molar-refractivity contribution is -0.137. The van der Waals surface area contributed by atoms with Crippen molar-refractivity contribution in [3.8, 4) is 0 Å². The van der Waals surface area contributed by atoms with Gasteiger partial charge in [0, 0.05) is 18.8 Å². The highest BCUT2D eigenvalue weighted by Gasteiger charge is 2.30. The number of alkyl halides is 3. The van der Waals surface area contributed by atoms with E-state index < -0.39 is 11.7 Å². The lowest BCUT2D eigenvalue weighted by Gasteiger charge is -2.30. The number of piperidine rings is 1. The van der Waals surface area contributed by atoms with Crippen molar-refractivity contribution >= 4 is 50.2 Å². The Morgan fingerprint density at radius 1 is 1.29 bits per heavy atom. The van der Waals surface area contributed by atoms with Crippen LogP contribution in [0, 0.1) is 5.92 Å². The van der Waals surface area contributed by atoms with Gasteiger partial charge in [-0.05, 0) is 43.0 Å². The summed E-state index contributed by atoms with van der Waals surface area (Å²) in [4.78, 5) is 27.7. The summed E-state index contributed by atoms with van der Waals surface area (Å²) in [6.07, 6.45) is -0.623. The maximum Gasteiger partial charge on any atom is 0.416 e. The van der Waals surface area contributed by atoms with Crippen molar-refractivity contribution in [2.75, 3.05) is 29.1 Å². The minimum Gasteiger partial charge on any atom is -0.348 e. The summed E-state index contributed by atoms with van der Waals surface area (Å²) in [6.45, 7) is 4.16. The fourth-order valence-electron chi connectivity index (χ4n) is 3.40. The van der Waals surface area contributed by atoms with Crippen LogP contribution in [0.3, 0.4) is 0 Å². The normalized spacial score (nSPS) is 17.2. The smallest absolute Gasteiger partial charge is 0.348 e. The molecule has 0 saturated carbocycles. The minimum absolute atomic E-state index is 0.0706. The zero-order valence-corrected chi connectivity index (χ0v) is 18.3. The van der Waals surface area contributed by atoms with Gasteiger partial charge in [-0.3, -0.25) is 4.79 Å². The highest BCUT2D eigenvalue weighted by molar-refractivity contribution is 8.00. The first-order valence-corrected chi connectivity index (χ1v) is 11.6. The second-order valence-electron chi connectivity index (χ2n) is 7.43. The van der Waals surface area contributed by atoms with Crippen molar-refractivity contribution in [2.24, 2.45) is 5.92 Å². The Balaban J connectivity index is 1.41. The van der Waals surface area contributed by atoms with Crippen molar-refractivity contribution in [2.45, 2.75) is 31.0 Å². The number of carbonyl (C=O) groups is 1. The van der Waals surface area contributed by atoms with Crippen LogP contribution in [0.4, 0.5) is 24.0 Å². The zero-order valence-electron chi connectivity index (χ0n) is 16.6. The van der Waals surface area contributed by atoms with Gasteiger partial charge >= 0.3 is 6.18 Å². The number of amides is 1. The number of thioether (sulfide) groups is 1. The monoisotopic (exact) mass is 467 g/mol. The summed E-state index contributed by atoms with van der Waals surface area (Å²) in [7, 11) is 0. The van der Waals surface area contributed by atoms with Crippen LogP contribution in [0.15, 0.2) is 35.6 Å². The maximum absolute atomic E-state index is 12.6. The molecule has 3 aromatic rings. The molecular weight excluding hydrogens is 447 g/mol. The molecule has 0 spiro atoms. The molecule has 0 radical (unpaired) electrons. The average Bonchev–Trinajstić information content (AvgIpc) is 3.17. The van der Waals surface area contributed by atoms with E-state index in [0.29, 0.717) is 22.3 Å². The Labute approximate surface area is 185 Å². The Kier molecular flexibility index (Phi) is 6.33. The molecule has 164 valence electrons. The van der Waals surface area contributed by atoms with Crippen molar-refractivity contribution in [1.29, 1.82) is 0 Å². The van der Waals surface area contributed by atoms with Crippen molar-refractivity contribution in [3.63, 3.8) is 0 Å². The molecule has 3 heterocycles. The van der Waals surface area contributed by atoms with Crippen LogP contribution in [-0.2, 0) is 11.0 Å². The molecule has 2 aromatic heterocycles. The van der Waals surface area contributed by atoms with E-state index in [9.17, 15) is 18.0 Å². The highest BCUT2D eigenvalue weighted by atomic mass is 32.2. The quantitative estimate of drug-likeness (QED) is 0.417. The SMILES string of the molecule is C[C@H]1CCCN(c2nc3ncnc(SCC(=O)Nc4ccc(C(F)(F)F)cc4)c3s2)C1. The molecule has 0 aliphatic carbocycles. The number of nitrogens with zero attached hydrogens (tertiary/aromatic N) is 4. The van der Waals surface area contributed by atoms with E-state index in [1.54, 1.807) is 0 Å². The second-order valence-corrected chi connectivity index (χ2v) is 9.37. The van der Waals surface area contributed by atoms with Crippen LogP contribution in [0.25, 0.3) is 10.3 Å². The number of nitrogens with one attached hydrogen (secondary N) is 1. The fraction of sp³-hybridized carbons (Fsp3) is 0.400. The van der Waals surface area contributed by atoms with Gasteiger partial charge in [-0.2, -0.15) is 18.2 Å². The first-order valence-electron chi connectivity index (χ1n) is 9.76. The van der Waals surface area contributed by atoms with Crippen LogP contribution in [0.1, 0.15) is 25.3 Å². The average molecular weight is 468 g/mol. The number of rotatable bonds is 5. The number of carbonyl (C=O) groups excluding carboxylic acids is 1. The van der Waals surface area contributed by atoms with Gasteiger partial charge in [0.15, 0.2) is 10.8 Å². The van der Waals surface area contributed by atoms with Gasteiger partial charge in [0.25, 0.3) is 0 Å². The van der Waals surface area contributed by atoms with Crippen LogP contribution < -0.4 is 10.2 Å². The largest absolute Gasteiger partial charge is 0.416 e. The summed E-state index contributed by atoms with van der Waals surface area (Å²) < 4.78 is 38.8. The van der Waals surface area contributed by atoms with E-state index in [1.807, 2.05) is 0 Å². The van der Waals surface area contributed by atoms with Gasteiger partial charge in [0.05, 0.1) is 11.3 Å². The minimum atomic E-state index is -4.41. The van der Waals surface area contributed by atoms with E-state index in [2.05, 4.69) is 32.1 Å². The number of hydrogen-bond acceptors (Lipinski definition) is 7. The van der Waals surface area contributed by atoms with Crippen molar-refractivity contribution in [3.05, 3.63) is 36.2 Å². The first-order chi connectivity index (χ1) is 14.8. The standard InChI is InChI=1S/C20H20F3N5OS2/c1-12-3-2-8-28(9-12)19-27-17-16(31-19)18(25-11-24-17)30-10-15(29)26-14-6-4-13(5-7-14)20(21,22)23/h4-7,11-12H,2-3,8-10H2,1H3,(H,26,29)/t12-/m0/s1. The molecule has 0 unspecified atom stereocenters. The first kappa shape index (κ1) is 21.8. The van der Waals surface area contributed by atoms with E-state index in [1.165, 1.54) is 48.0 Å². The van der Waals surface area contributed by atoms with Crippen LogP contribution >= 0.6 is 23.1 Å². The van der Waals surface area contributed by atoms with E-state index >= 15 is 0 Å². The van der Waals surface area contributed by atoms with Gasteiger partial charge in [-0.1, -0.05) is 30.0 Å². The zero-order chi connectivity index (χ0) is 22.0. The molecule has 1 aliphatic heterocycles. The Hall–Kier alpha value is -2.40. The summed E-state index contributed by atoms with van der Waals surface area (Å²) in [5, 5.41) is 4.19. The number of thiazole rings is 1. The van der Waals surface area contributed by atoms with Crippen molar-refractivity contribution in [1.82, 2.24) is 15.0 Å². The Bertz CT molecular complexity index is 1070. The third kappa shape index (κ3) is 5.27. The van der Waals surface area contributed by atoms with Crippen LogP contribution in [0.5, 0.6) is 0 Å². The molecule has 1 atom stereocenters. The topological polar surface area (TPSA) is 71.0 Å². The maximum atomic E-state index is 12.6. The lowest BCUT2D eigenvalue weighted by Crippen LogP contribution is -2.34. The molecule has 1 saturated heterocycles. The number of benzene rings is 1. The second kappa shape index (κ2) is 8.99. The van der Waals surface area contributed by atoms with Crippen molar-refractivity contribution < 1.29 is 18.0 Å². The lowest BCUT2D eigenvalue weighted by atomic mass is 10.0. The molecule has 1 N–H and O–H groups in total. The Morgan fingerprint density at radius 3 is 2.77 bits per heavy atom.